The first-order valence-corrected chi connectivity index (χ1v) is 10.8. The number of furan rings is 1. The van der Waals surface area contributed by atoms with Crippen LogP contribution in [0.15, 0.2) is 63.7 Å². The molecule has 0 radical (unpaired) electrons. The van der Waals surface area contributed by atoms with Crippen molar-refractivity contribution in [3.63, 3.8) is 0 Å². The Hall–Kier alpha value is -3.17. The first kappa shape index (κ1) is 22.5. The van der Waals surface area contributed by atoms with Gasteiger partial charge in [0.15, 0.2) is 6.61 Å². The summed E-state index contributed by atoms with van der Waals surface area (Å²) in [6.45, 7) is 1.40. The molecule has 3 aromatic rings. The number of hydrogen-bond acceptors (Lipinski definition) is 7. The van der Waals surface area contributed by atoms with Gasteiger partial charge in [-0.3, -0.25) is 4.79 Å². The van der Waals surface area contributed by atoms with Crippen LogP contribution in [0.3, 0.4) is 0 Å². The Bertz CT molecular complexity index is 1090. The molecule has 2 heterocycles. The Morgan fingerprint density at radius 1 is 1.16 bits per heavy atom. The van der Waals surface area contributed by atoms with Crippen molar-refractivity contribution < 1.29 is 28.3 Å². The Kier molecular flexibility index (Phi) is 7.80. The monoisotopic (exact) mass is 503 g/mol. The number of hydrogen-bond donors (Lipinski definition) is 1. The first-order valence-electron chi connectivity index (χ1n) is 9.21. The molecule has 160 valence electrons. The molecule has 0 saturated heterocycles. The molecule has 0 fully saturated rings. The van der Waals surface area contributed by atoms with E-state index in [1.165, 1.54) is 23.7 Å². The van der Waals surface area contributed by atoms with Crippen LogP contribution in [0.4, 0.5) is 5.69 Å². The highest BCUT2D eigenvalue weighted by molar-refractivity contribution is 9.10. The maximum absolute atomic E-state index is 12.3. The van der Waals surface area contributed by atoms with Crippen molar-refractivity contribution in [1.82, 2.24) is 0 Å². The normalized spacial score (nSPS) is 10.8. The summed E-state index contributed by atoms with van der Waals surface area (Å²) in [5.74, 6) is -1.33. The minimum atomic E-state index is -0.696. The van der Waals surface area contributed by atoms with E-state index < -0.39 is 24.5 Å². The molecule has 1 aromatic carbocycles. The summed E-state index contributed by atoms with van der Waals surface area (Å²) in [7, 11) is 0. The van der Waals surface area contributed by atoms with Crippen LogP contribution in [0.1, 0.15) is 22.4 Å². The Labute approximate surface area is 190 Å². The molecule has 2 aromatic heterocycles. The number of thiophene rings is 1. The van der Waals surface area contributed by atoms with E-state index in [1.807, 2.05) is 24.3 Å². The summed E-state index contributed by atoms with van der Waals surface area (Å²) in [6.07, 6.45) is 4.07. The van der Waals surface area contributed by atoms with E-state index in [0.717, 1.165) is 21.0 Å². The number of esters is 2. The number of rotatable bonds is 8. The lowest BCUT2D eigenvalue weighted by Crippen LogP contribution is -2.21. The molecule has 0 bridgehead atoms. The lowest BCUT2D eigenvalue weighted by Gasteiger charge is -2.06. The summed E-state index contributed by atoms with van der Waals surface area (Å²) < 4.78 is 16.0. The molecular weight excluding hydrogens is 486 g/mol. The standard InChI is InChI=1S/C22H18BrNO6S/c1-2-28-22(27)21-17(12-18(31-21)14-5-7-15(23)8-6-14)24-19(25)13-30-20(26)10-9-16-4-3-11-29-16/h3-12H,2,13H2,1H3,(H,24,25)/b10-9+. The van der Waals surface area contributed by atoms with Gasteiger partial charge in [-0.2, -0.15) is 0 Å². The van der Waals surface area contributed by atoms with Crippen LogP contribution in [0.25, 0.3) is 16.5 Å². The smallest absolute Gasteiger partial charge is 0.350 e. The Morgan fingerprint density at radius 3 is 2.61 bits per heavy atom. The third kappa shape index (κ3) is 6.40. The minimum absolute atomic E-state index is 0.206. The topological polar surface area (TPSA) is 94.8 Å². The second kappa shape index (κ2) is 10.7. The molecule has 1 N–H and O–H groups in total. The van der Waals surface area contributed by atoms with Crippen molar-refractivity contribution in [1.29, 1.82) is 0 Å². The fourth-order valence-electron chi connectivity index (χ4n) is 2.50. The van der Waals surface area contributed by atoms with E-state index in [-0.39, 0.29) is 11.5 Å². The number of anilines is 1. The number of carbonyl (C=O) groups excluding carboxylic acids is 3. The SMILES string of the molecule is CCOC(=O)c1sc(-c2ccc(Br)cc2)cc1NC(=O)COC(=O)/C=C/c1ccco1. The van der Waals surface area contributed by atoms with Crippen molar-refractivity contribution in [2.75, 3.05) is 18.5 Å². The third-order valence-electron chi connectivity index (χ3n) is 3.87. The van der Waals surface area contributed by atoms with Gasteiger partial charge in [-0.25, -0.2) is 9.59 Å². The maximum atomic E-state index is 12.3. The van der Waals surface area contributed by atoms with E-state index in [0.29, 0.717) is 11.4 Å². The van der Waals surface area contributed by atoms with E-state index in [4.69, 9.17) is 13.9 Å². The van der Waals surface area contributed by atoms with Gasteiger partial charge in [-0.15, -0.1) is 11.3 Å². The van der Waals surface area contributed by atoms with E-state index in [9.17, 15) is 14.4 Å². The quantitative estimate of drug-likeness (QED) is 0.337. The van der Waals surface area contributed by atoms with Crippen molar-refractivity contribution in [2.24, 2.45) is 0 Å². The molecule has 9 heteroatoms. The summed E-state index contributed by atoms with van der Waals surface area (Å²) in [4.78, 5) is 37.4. The van der Waals surface area contributed by atoms with Gasteiger partial charge < -0.3 is 19.2 Å². The molecule has 0 unspecified atom stereocenters. The van der Waals surface area contributed by atoms with Gasteiger partial charge in [0.2, 0.25) is 0 Å². The van der Waals surface area contributed by atoms with Gasteiger partial charge >= 0.3 is 11.9 Å². The average molecular weight is 504 g/mol. The zero-order valence-electron chi connectivity index (χ0n) is 16.4. The fraction of sp³-hybridized carbons (Fsp3) is 0.136. The van der Waals surface area contributed by atoms with Crippen molar-refractivity contribution >= 4 is 56.9 Å². The molecule has 0 aliphatic heterocycles. The van der Waals surface area contributed by atoms with E-state index in [1.54, 1.807) is 25.1 Å². The predicted octanol–water partition coefficient (Wildman–Crippen LogP) is 5.14. The Balaban J connectivity index is 1.68. The molecule has 3 rings (SSSR count). The molecular formula is C22H18BrNO6S. The average Bonchev–Trinajstić information content (AvgIpc) is 3.41. The molecule has 7 nitrogen and oxygen atoms in total. The summed E-state index contributed by atoms with van der Waals surface area (Å²) in [5, 5.41) is 2.62. The minimum Gasteiger partial charge on any atom is -0.465 e. The summed E-state index contributed by atoms with van der Waals surface area (Å²) in [6, 6.07) is 12.6. The lowest BCUT2D eigenvalue weighted by atomic mass is 10.2. The van der Waals surface area contributed by atoms with Crippen LogP contribution in [0, 0.1) is 0 Å². The molecule has 1 amide bonds. The zero-order chi connectivity index (χ0) is 22.2. The van der Waals surface area contributed by atoms with Gasteiger partial charge in [-0.05, 0) is 48.9 Å². The van der Waals surface area contributed by atoms with E-state index in [2.05, 4.69) is 21.2 Å². The van der Waals surface area contributed by atoms with Gasteiger partial charge in [0.05, 0.1) is 18.6 Å². The van der Waals surface area contributed by atoms with Crippen LogP contribution >= 0.6 is 27.3 Å². The number of amides is 1. The number of carbonyl (C=O) groups is 3. The zero-order valence-corrected chi connectivity index (χ0v) is 18.8. The summed E-state index contributed by atoms with van der Waals surface area (Å²) >= 11 is 4.59. The highest BCUT2D eigenvalue weighted by Crippen LogP contribution is 2.36. The number of halogens is 1. The van der Waals surface area contributed by atoms with Gasteiger partial charge in [0.25, 0.3) is 5.91 Å². The third-order valence-corrected chi connectivity index (χ3v) is 5.56. The molecule has 0 aliphatic rings. The highest BCUT2D eigenvalue weighted by Gasteiger charge is 2.20. The maximum Gasteiger partial charge on any atom is 0.350 e. The van der Waals surface area contributed by atoms with Gasteiger partial charge in [-0.1, -0.05) is 28.1 Å². The molecule has 0 saturated carbocycles. The number of ether oxygens (including phenoxy) is 2. The van der Waals surface area contributed by atoms with Gasteiger partial charge in [0.1, 0.15) is 10.6 Å². The van der Waals surface area contributed by atoms with Crippen molar-refractivity contribution in [3.05, 3.63) is 69.9 Å². The lowest BCUT2D eigenvalue weighted by molar-refractivity contribution is -0.142. The van der Waals surface area contributed by atoms with Crippen LogP contribution in [-0.2, 0) is 19.1 Å². The fourth-order valence-corrected chi connectivity index (χ4v) is 3.77. The molecule has 31 heavy (non-hydrogen) atoms. The number of nitrogens with one attached hydrogen (secondary N) is 1. The number of benzene rings is 1. The second-order valence-corrected chi connectivity index (χ2v) is 8.05. The molecule has 0 aliphatic carbocycles. The van der Waals surface area contributed by atoms with Crippen molar-refractivity contribution in [2.45, 2.75) is 6.92 Å². The molecule has 0 spiro atoms. The van der Waals surface area contributed by atoms with Gasteiger partial charge in [0, 0.05) is 15.4 Å². The van der Waals surface area contributed by atoms with Crippen LogP contribution in [-0.4, -0.2) is 31.1 Å². The highest BCUT2D eigenvalue weighted by atomic mass is 79.9. The summed E-state index contributed by atoms with van der Waals surface area (Å²) in [5.41, 5.74) is 1.18. The van der Waals surface area contributed by atoms with Crippen molar-refractivity contribution in [3.8, 4) is 10.4 Å². The van der Waals surface area contributed by atoms with E-state index >= 15 is 0 Å². The largest absolute Gasteiger partial charge is 0.465 e. The predicted molar refractivity (Wildman–Crippen MR) is 121 cm³/mol. The van der Waals surface area contributed by atoms with Crippen LogP contribution in [0.5, 0.6) is 0 Å². The molecule has 0 atom stereocenters. The van der Waals surface area contributed by atoms with Crippen LogP contribution < -0.4 is 5.32 Å². The second-order valence-electron chi connectivity index (χ2n) is 6.09. The Morgan fingerprint density at radius 2 is 1.94 bits per heavy atom. The first-order chi connectivity index (χ1) is 15.0. The van der Waals surface area contributed by atoms with Crippen LogP contribution in [0.2, 0.25) is 0 Å².